The summed E-state index contributed by atoms with van der Waals surface area (Å²) in [5.41, 5.74) is 0. The molecule has 0 aromatic heterocycles. The fourth-order valence-electron chi connectivity index (χ4n) is 0.739. The summed E-state index contributed by atoms with van der Waals surface area (Å²) < 4.78 is 0. The zero-order chi connectivity index (χ0) is 5.82. The van der Waals surface area contributed by atoms with Crippen LogP contribution in [-0.4, -0.2) is 19.6 Å². The van der Waals surface area contributed by atoms with Gasteiger partial charge in [0.05, 0.1) is 0 Å². The minimum Gasteiger partial charge on any atom is -0.283 e. The highest BCUT2D eigenvalue weighted by Gasteiger charge is 2.10. The summed E-state index contributed by atoms with van der Waals surface area (Å²) in [7, 11) is 0. The lowest BCUT2D eigenvalue weighted by atomic mass is 10.7. The zero-order valence-corrected chi connectivity index (χ0v) is 5.12. The Bertz CT molecular complexity index is 58.7. The Morgan fingerprint density at radius 3 is 2.62 bits per heavy atom. The normalized spacial score (nSPS) is 22.1. The van der Waals surface area contributed by atoms with Gasteiger partial charge in [-0.3, -0.25) is 16.0 Å². The first-order chi connectivity index (χ1) is 3.93. The van der Waals surface area contributed by atoms with Gasteiger partial charge in [-0.1, -0.05) is 6.92 Å². The van der Waals surface area contributed by atoms with Gasteiger partial charge >= 0.3 is 0 Å². The van der Waals surface area contributed by atoms with Crippen LogP contribution >= 0.6 is 0 Å². The Balaban J connectivity index is 2.06. The lowest BCUT2D eigenvalue weighted by molar-refractivity contribution is 0.603. The van der Waals surface area contributed by atoms with Crippen LogP contribution in [-0.2, 0) is 0 Å². The van der Waals surface area contributed by atoms with Crippen molar-refractivity contribution in [2.45, 2.75) is 6.92 Å². The second-order valence-electron chi connectivity index (χ2n) is 1.76. The zero-order valence-electron chi connectivity index (χ0n) is 5.12. The molecule has 1 aliphatic heterocycles. The van der Waals surface area contributed by atoms with Crippen molar-refractivity contribution in [3.63, 3.8) is 0 Å². The summed E-state index contributed by atoms with van der Waals surface area (Å²) in [5.74, 6) is 0. The first kappa shape index (κ1) is 6.01. The van der Waals surface area contributed by atoms with Crippen molar-refractivity contribution >= 4 is 0 Å². The van der Waals surface area contributed by atoms with Crippen molar-refractivity contribution in [1.29, 1.82) is 0 Å². The predicted molar refractivity (Wildman–Crippen MR) is 32.9 cm³/mol. The number of hydrogen-bond acceptors (Lipinski definition) is 3. The topological polar surface area (TPSA) is 36.1 Å². The molecule has 1 heterocycles. The van der Waals surface area contributed by atoms with Crippen molar-refractivity contribution in [3.05, 3.63) is 6.29 Å². The molecule has 0 unspecified atom stereocenters. The highest BCUT2D eigenvalue weighted by Crippen LogP contribution is 1.86. The molecule has 1 radical (unpaired) electrons. The van der Waals surface area contributed by atoms with Gasteiger partial charge in [-0.25, -0.2) is 0 Å². The van der Waals surface area contributed by atoms with Crippen molar-refractivity contribution < 1.29 is 0 Å². The Morgan fingerprint density at radius 2 is 2.12 bits per heavy atom. The molecule has 47 valence electrons. The van der Waals surface area contributed by atoms with E-state index in [0.29, 0.717) is 0 Å². The van der Waals surface area contributed by atoms with Gasteiger partial charge in [-0.05, 0) is 6.54 Å². The molecule has 0 aliphatic carbocycles. The van der Waals surface area contributed by atoms with Gasteiger partial charge in [0.15, 0.2) is 6.29 Å². The summed E-state index contributed by atoms with van der Waals surface area (Å²) >= 11 is 0. The third-order valence-electron chi connectivity index (χ3n) is 1.08. The van der Waals surface area contributed by atoms with E-state index in [2.05, 4.69) is 22.9 Å². The van der Waals surface area contributed by atoms with Crippen LogP contribution in [0.1, 0.15) is 6.92 Å². The molecule has 8 heavy (non-hydrogen) atoms. The van der Waals surface area contributed by atoms with E-state index < -0.39 is 0 Å². The quantitative estimate of drug-likeness (QED) is 0.441. The second kappa shape index (κ2) is 3.02. The van der Waals surface area contributed by atoms with Gasteiger partial charge in [0.2, 0.25) is 0 Å². The number of hydrogen-bond donors (Lipinski definition) is 3. The first-order valence-corrected chi connectivity index (χ1v) is 3.02. The van der Waals surface area contributed by atoms with E-state index in [0.717, 1.165) is 25.9 Å². The van der Waals surface area contributed by atoms with Gasteiger partial charge < -0.3 is 0 Å². The van der Waals surface area contributed by atoms with Gasteiger partial charge in [-0.2, -0.15) is 0 Å². The molecule has 3 N–H and O–H groups in total. The van der Waals surface area contributed by atoms with Crippen molar-refractivity contribution in [2.24, 2.45) is 0 Å². The standard InChI is InChI=1S/C5H12N3/c1-2-6-5-7-3-4-8-5/h6-8H,2-4H2,1H3. The minimum absolute atomic E-state index is 0.981. The average Bonchev–Trinajstić information content (AvgIpc) is 2.19. The largest absolute Gasteiger partial charge is 0.283 e. The lowest BCUT2D eigenvalue weighted by Crippen LogP contribution is -2.35. The third kappa shape index (κ3) is 1.43. The summed E-state index contributed by atoms with van der Waals surface area (Å²) in [6, 6.07) is 0. The van der Waals surface area contributed by atoms with Gasteiger partial charge in [0, 0.05) is 13.1 Å². The predicted octanol–water partition coefficient (Wildman–Crippen LogP) is -0.764. The Morgan fingerprint density at radius 1 is 1.50 bits per heavy atom. The number of nitrogens with one attached hydrogen (secondary N) is 3. The molecule has 3 nitrogen and oxygen atoms in total. The lowest BCUT2D eigenvalue weighted by Gasteiger charge is -2.07. The van der Waals surface area contributed by atoms with Crippen LogP contribution in [0.2, 0.25) is 0 Å². The molecular formula is C5H12N3. The smallest absolute Gasteiger partial charge is 0.170 e. The number of rotatable bonds is 2. The maximum absolute atomic E-state index is 3.15. The third-order valence-corrected chi connectivity index (χ3v) is 1.08. The van der Waals surface area contributed by atoms with Crippen LogP contribution in [0.15, 0.2) is 0 Å². The SMILES string of the molecule is CCN[C]1NCCN1. The van der Waals surface area contributed by atoms with E-state index in [-0.39, 0.29) is 0 Å². The Labute approximate surface area is 49.8 Å². The summed E-state index contributed by atoms with van der Waals surface area (Å²) in [4.78, 5) is 0. The van der Waals surface area contributed by atoms with Crippen molar-refractivity contribution in [1.82, 2.24) is 16.0 Å². The van der Waals surface area contributed by atoms with Crippen LogP contribution in [0.4, 0.5) is 0 Å². The molecule has 0 aromatic rings. The van der Waals surface area contributed by atoms with E-state index in [1.807, 2.05) is 0 Å². The fraction of sp³-hybridized carbons (Fsp3) is 0.800. The van der Waals surface area contributed by atoms with Crippen LogP contribution in [0.25, 0.3) is 0 Å². The molecule has 0 bridgehead atoms. The molecule has 1 aliphatic rings. The molecule has 1 saturated heterocycles. The molecular weight excluding hydrogens is 102 g/mol. The highest BCUT2D eigenvalue weighted by molar-refractivity contribution is 4.86. The monoisotopic (exact) mass is 114 g/mol. The van der Waals surface area contributed by atoms with Crippen molar-refractivity contribution in [2.75, 3.05) is 19.6 Å². The highest BCUT2D eigenvalue weighted by atomic mass is 15.3. The first-order valence-electron chi connectivity index (χ1n) is 3.02. The maximum atomic E-state index is 3.15. The maximum Gasteiger partial charge on any atom is 0.170 e. The molecule has 1 fully saturated rings. The van der Waals surface area contributed by atoms with Crippen LogP contribution in [0.5, 0.6) is 0 Å². The Hall–Kier alpha value is -0.120. The van der Waals surface area contributed by atoms with Crippen LogP contribution in [0.3, 0.4) is 0 Å². The molecule has 0 amide bonds. The van der Waals surface area contributed by atoms with Gasteiger partial charge in [-0.15, -0.1) is 0 Å². The van der Waals surface area contributed by atoms with Gasteiger partial charge in [0.1, 0.15) is 0 Å². The molecule has 1 rings (SSSR count). The van der Waals surface area contributed by atoms with Gasteiger partial charge in [0.25, 0.3) is 0 Å². The second-order valence-corrected chi connectivity index (χ2v) is 1.76. The van der Waals surface area contributed by atoms with E-state index in [4.69, 9.17) is 0 Å². The van der Waals surface area contributed by atoms with Crippen molar-refractivity contribution in [3.8, 4) is 0 Å². The molecule has 0 aromatic carbocycles. The minimum atomic E-state index is 0.981. The van der Waals surface area contributed by atoms with E-state index in [1.165, 1.54) is 0 Å². The van der Waals surface area contributed by atoms with Crippen LogP contribution in [0, 0.1) is 6.29 Å². The summed E-state index contributed by atoms with van der Waals surface area (Å²) in [6.07, 6.45) is 1.08. The molecule has 0 atom stereocenters. The fourth-order valence-corrected chi connectivity index (χ4v) is 0.739. The summed E-state index contributed by atoms with van der Waals surface area (Å²) in [6.45, 7) is 5.15. The molecule has 3 heteroatoms. The Kier molecular flexibility index (Phi) is 2.27. The van der Waals surface area contributed by atoms with Crippen LogP contribution < -0.4 is 16.0 Å². The molecule has 0 saturated carbocycles. The molecule has 0 spiro atoms. The van der Waals surface area contributed by atoms with E-state index >= 15 is 0 Å². The van der Waals surface area contributed by atoms with E-state index in [9.17, 15) is 0 Å². The van der Waals surface area contributed by atoms with E-state index in [1.54, 1.807) is 0 Å². The summed E-state index contributed by atoms with van der Waals surface area (Å²) in [5, 5.41) is 9.44. The average molecular weight is 114 g/mol.